The molecule has 1 fully saturated rings. The molecule has 1 aromatic heterocycles. The van der Waals surface area contributed by atoms with Gasteiger partial charge < -0.3 is 0 Å². The van der Waals surface area contributed by atoms with Crippen molar-refractivity contribution in [3.63, 3.8) is 0 Å². The van der Waals surface area contributed by atoms with Crippen molar-refractivity contribution in [2.75, 3.05) is 0 Å². The number of hydrogen-bond donors (Lipinski definition) is 0. The Hall–Kier alpha value is -0.680. The fourth-order valence-corrected chi connectivity index (χ4v) is 3.88. The van der Waals surface area contributed by atoms with E-state index in [1.165, 1.54) is 36.8 Å². The van der Waals surface area contributed by atoms with Crippen molar-refractivity contribution < 1.29 is 0 Å². The van der Waals surface area contributed by atoms with Crippen molar-refractivity contribution in [3.8, 4) is 0 Å². The number of aromatic nitrogens is 2. The lowest BCUT2D eigenvalue weighted by Gasteiger charge is -2.14. The van der Waals surface area contributed by atoms with Crippen LogP contribution in [0.2, 0.25) is 5.15 Å². The predicted octanol–water partition coefficient (Wildman–Crippen LogP) is 5.29. The molecule has 1 aliphatic rings. The first kappa shape index (κ1) is 15.2. The topological polar surface area (TPSA) is 25.8 Å². The Morgan fingerprint density at radius 2 is 1.90 bits per heavy atom. The zero-order chi connectivity index (χ0) is 14.8. The quantitative estimate of drug-likeness (QED) is 0.505. The van der Waals surface area contributed by atoms with Gasteiger partial charge in [-0.3, -0.25) is 0 Å². The highest BCUT2D eigenvalue weighted by Crippen LogP contribution is 2.36. The van der Waals surface area contributed by atoms with Gasteiger partial charge in [0.15, 0.2) is 0 Å². The minimum Gasteiger partial charge on any atom is -0.236 e. The number of hydrogen-bond acceptors (Lipinski definition) is 2. The Bertz CT molecular complexity index is 651. The van der Waals surface area contributed by atoms with Gasteiger partial charge in [-0.15, -0.1) is 0 Å². The molecule has 0 N–H and O–H groups in total. The van der Waals surface area contributed by atoms with Crippen LogP contribution in [0.5, 0.6) is 0 Å². The highest BCUT2D eigenvalue weighted by atomic mass is 127. The van der Waals surface area contributed by atoms with E-state index in [4.69, 9.17) is 16.6 Å². The van der Waals surface area contributed by atoms with Gasteiger partial charge in [-0.25, -0.2) is 9.97 Å². The van der Waals surface area contributed by atoms with E-state index < -0.39 is 0 Å². The van der Waals surface area contributed by atoms with Crippen LogP contribution in [0.3, 0.4) is 0 Å². The fourth-order valence-electron chi connectivity index (χ4n) is 3.01. The summed E-state index contributed by atoms with van der Waals surface area (Å²) < 4.78 is 1.04. The van der Waals surface area contributed by atoms with Crippen molar-refractivity contribution >= 4 is 34.2 Å². The van der Waals surface area contributed by atoms with E-state index in [-0.39, 0.29) is 0 Å². The average Bonchev–Trinajstić information content (AvgIpc) is 2.99. The van der Waals surface area contributed by atoms with Gasteiger partial charge in [0.05, 0.1) is 9.26 Å². The Labute approximate surface area is 144 Å². The van der Waals surface area contributed by atoms with Crippen LogP contribution in [-0.4, -0.2) is 9.97 Å². The molecule has 21 heavy (non-hydrogen) atoms. The van der Waals surface area contributed by atoms with E-state index in [9.17, 15) is 0 Å². The summed E-state index contributed by atoms with van der Waals surface area (Å²) in [6.07, 6.45) is 5.81. The summed E-state index contributed by atoms with van der Waals surface area (Å²) in [5, 5.41) is 0.607. The van der Waals surface area contributed by atoms with Gasteiger partial charge in [-0.2, -0.15) is 0 Å². The average molecular weight is 413 g/mol. The van der Waals surface area contributed by atoms with Gasteiger partial charge >= 0.3 is 0 Å². The van der Waals surface area contributed by atoms with Gasteiger partial charge in [0.25, 0.3) is 0 Å². The summed E-state index contributed by atoms with van der Waals surface area (Å²) >= 11 is 8.64. The Balaban J connectivity index is 1.94. The Kier molecular flexibility index (Phi) is 4.79. The van der Waals surface area contributed by atoms with Crippen LogP contribution in [0, 0.1) is 10.5 Å². The highest BCUT2D eigenvalue weighted by Gasteiger charge is 2.23. The third-order valence-corrected chi connectivity index (χ3v) is 5.89. The van der Waals surface area contributed by atoms with Gasteiger partial charge in [0.1, 0.15) is 11.0 Å². The zero-order valence-corrected chi connectivity index (χ0v) is 15.0. The summed E-state index contributed by atoms with van der Waals surface area (Å²) in [6, 6.07) is 8.39. The third-order valence-electron chi connectivity index (χ3n) is 4.23. The van der Waals surface area contributed by atoms with Crippen LogP contribution in [0.25, 0.3) is 0 Å². The lowest BCUT2D eigenvalue weighted by molar-refractivity contribution is 0.680. The largest absolute Gasteiger partial charge is 0.236 e. The molecule has 0 radical (unpaired) electrons. The highest BCUT2D eigenvalue weighted by molar-refractivity contribution is 14.1. The van der Waals surface area contributed by atoms with Crippen molar-refractivity contribution in [1.82, 2.24) is 9.97 Å². The van der Waals surface area contributed by atoms with Crippen molar-refractivity contribution in [2.45, 2.75) is 44.9 Å². The molecule has 3 rings (SSSR count). The van der Waals surface area contributed by atoms with E-state index >= 15 is 0 Å². The lowest BCUT2D eigenvalue weighted by atomic mass is 10.0. The van der Waals surface area contributed by atoms with Crippen LogP contribution in [0.4, 0.5) is 0 Å². The second kappa shape index (κ2) is 6.61. The molecule has 1 heterocycles. The molecule has 0 saturated heterocycles. The SMILES string of the molecule is Cc1ccccc1Cc1nc(Cl)c(I)c(C2CCCC2)n1. The molecule has 0 bridgehead atoms. The molecular weight excluding hydrogens is 395 g/mol. The van der Waals surface area contributed by atoms with Crippen LogP contribution in [0.1, 0.15) is 54.2 Å². The van der Waals surface area contributed by atoms with Crippen LogP contribution in [-0.2, 0) is 6.42 Å². The maximum atomic E-state index is 6.34. The smallest absolute Gasteiger partial charge is 0.146 e. The molecule has 0 atom stereocenters. The monoisotopic (exact) mass is 412 g/mol. The Morgan fingerprint density at radius 1 is 1.19 bits per heavy atom. The molecule has 2 nitrogen and oxygen atoms in total. The molecule has 1 aromatic carbocycles. The van der Waals surface area contributed by atoms with Crippen LogP contribution >= 0.6 is 34.2 Å². The summed E-state index contributed by atoms with van der Waals surface area (Å²) in [7, 11) is 0. The summed E-state index contributed by atoms with van der Waals surface area (Å²) in [4.78, 5) is 9.34. The molecule has 4 heteroatoms. The number of halogens is 2. The Morgan fingerprint density at radius 3 is 2.62 bits per heavy atom. The van der Waals surface area contributed by atoms with Gasteiger partial charge in [-0.1, -0.05) is 48.7 Å². The van der Waals surface area contributed by atoms with Crippen LogP contribution in [0.15, 0.2) is 24.3 Å². The number of benzene rings is 1. The minimum absolute atomic E-state index is 0.563. The first-order valence-electron chi connectivity index (χ1n) is 7.41. The van der Waals surface area contributed by atoms with Crippen molar-refractivity contribution in [2.24, 2.45) is 0 Å². The molecule has 1 aliphatic carbocycles. The first-order chi connectivity index (χ1) is 10.1. The first-order valence-corrected chi connectivity index (χ1v) is 8.87. The zero-order valence-electron chi connectivity index (χ0n) is 12.1. The van der Waals surface area contributed by atoms with E-state index in [2.05, 4.69) is 58.8 Å². The predicted molar refractivity (Wildman–Crippen MR) is 95.0 cm³/mol. The standard InChI is InChI=1S/C17H18ClIN2/c1-11-6-2-3-9-13(11)10-14-20-16(12-7-4-5-8-12)15(19)17(18)21-14/h2-3,6,9,12H,4-5,7-8,10H2,1H3. The lowest BCUT2D eigenvalue weighted by Crippen LogP contribution is -2.08. The summed E-state index contributed by atoms with van der Waals surface area (Å²) in [5.41, 5.74) is 3.71. The molecule has 110 valence electrons. The summed E-state index contributed by atoms with van der Waals surface area (Å²) in [5.74, 6) is 1.41. The molecular formula is C17H18ClIN2. The maximum Gasteiger partial charge on any atom is 0.146 e. The molecule has 0 aliphatic heterocycles. The third kappa shape index (κ3) is 3.39. The van der Waals surface area contributed by atoms with Gasteiger partial charge in [0.2, 0.25) is 0 Å². The second-order valence-electron chi connectivity index (χ2n) is 5.71. The van der Waals surface area contributed by atoms with Gasteiger partial charge in [0, 0.05) is 12.3 Å². The molecule has 1 saturated carbocycles. The number of rotatable bonds is 3. The van der Waals surface area contributed by atoms with Gasteiger partial charge in [-0.05, 0) is 53.5 Å². The minimum atomic E-state index is 0.563. The van der Waals surface area contributed by atoms with Crippen molar-refractivity contribution in [3.05, 3.63) is 55.6 Å². The van der Waals surface area contributed by atoms with E-state index in [1.807, 2.05) is 0 Å². The number of nitrogens with zero attached hydrogens (tertiary/aromatic N) is 2. The summed E-state index contributed by atoms with van der Waals surface area (Å²) in [6.45, 7) is 2.13. The van der Waals surface area contributed by atoms with Crippen molar-refractivity contribution in [1.29, 1.82) is 0 Å². The molecule has 2 aromatic rings. The van der Waals surface area contributed by atoms with E-state index in [1.54, 1.807) is 0 Å². The van der Waals surface area contributed by atoms with E-state index in [0.717, 1.165) is 21.5 Å². The fraction of sp³-hybridized carbons (Fsp3) is 0.412. The maximum absolute atomic E-state index is 6.34. The molecule has 0 spiro atoms. The van der Waals surface area contributed by atoms with E-state index in [0.29, 0.717) is 11.1 Å². The normalized spacial score (nSPS) is 15.6. The molecule has 0 amide bonds. The molecule has 0 unspecified atom stereocenters. The number of aryl methyl sites for hydroxylation is 1. The van der Waals surface area contributed by atoms with Crippen LogP contribution < -0.4 is 0 Å². The second-order valence-corrected chi connectivity index (χ2v) is 7.15.